The fraction of sp³-hybridized carbons (Fsp3) is 0.727. The maximum absolute atomic E-state index is 12.7. The van der Waals surface area contributed by atoms with Crippen LogP contribution in [0, 0.1) is 0 Å². The Labute approximate surface area is 118 Å². The fourth-order valence-corrected chi connectivity index (χ4v) is 3.23. The van der Waals surface area contributed by atoms with Crippen molar-refractivity contribution in [1.29, 1.82) is 0 Å². The first-order chi connectivity index (χ1) is 9.15. The number of allylic oxidation sites excluding steroid dienone is 2. The predicted molar refractivity (Wildman–Crippen MR) is 63.8 cm³/mol. The summed E-state index contributed by atoms with van der Waals surface area (Å²) in [6.45, 7) is 3.80. The molecule has 21 heavy (non-hydrogen) atoms. The van der Waals surface area contributed by atoms with Gasteiger partial charge in [0.2, 0.25) is 8.32 Å². The first-order valence-electron chi connectivity index (χ1n) is 5.88. The molecule has 10 heteroatoms. The zero-order valence-corrected chi connectivity index (χ0v) is 12.5. The number of alkyl halides is 7. The monoisotopic (exact) mass is 340 g/mol. The topological polar surface area (TPSA) is 26.3 Å². The van der Waals surface area contributed by atoms with Crippen LogP contribution < -0.4 is 0 Å². The number of hydrogen-bond acceptors (Lipinski definition) is 2. The van der Waals surface area contributed by atoms with Crippen LogP contribution in [-0.2, 0) is 9.22 Å². The Bertz CT molecular complexity index is 396. The van der Waals surface area contributed by atoms with Crippen LogP contribution in [0.25, 0.3) is 0 Å². The van der Waals surface area contributed by atoms with E-state index in [4.69, 9.17) is 0 Å². The molecule has 0 aromatic heterocycles. The predicted octanol–water partition coefficient (Wildman–Crippen LogP) is 4.53. The zero-order chi connectivity index (χ0) is 17.1. The second kappa shape index (κ2) is 6.80. The van der Waals surface area contributed by atoms with E-state index in [1.165, 1.54) is 20.0 Å². The molecule has 2 nitrogen and oxygen atoms in total. The van der Waals surface area contributed by atoms with Crippen molar-refractivity contribution in [3.8, 4) is 0 Å². The molecular formula is C11H15F7O2Si. The molecule has 0 amide bonds. The van der Waals surface area contributed by atoms with Crippen LogP contribution in [-0.4, -0.2) is 32.6 Å². The molecular weight excluding hydrogens is 325 g/mol. The third kappa shape index (κ3) is 8.07. The summed E-state index contributed by atoms with van der Waals surface area (Å²) in [7, 11) is -3.11. The lowest BCUT2D eigenvalue weighted by Crippen LogP contribution is -2.35. The zero-order valence-electron chi connectivity index (χ0n) is 11.5. The standard InChI is InChI=1S/C11H15F7O2Si/c1-7(12)4-5-21(2,3)20-9(11(16,17)18)6-8(19)10(13,14)15/h6-7H,4-5H2,1-3H3. The summed E-state index contributed by atoms with van der Waals surface area (Å²) in [6, 6.07) is -0.0295. The van der Waals surface area contributed by atoms with Gasteiger partial charge in [-0.1, -0.05) is 0 Å². The van der Waals surface area contributed by atoms with Gasteiger partial charge in [0.05, 0.1) is 6.17 Å². The van der Waals surface area contributed by atoms with Crippen molar-refractivity contribution in [3.05, 3.63) is 11.8 Å². The fourth-order valence-electron chi connectivity index (χ4n) is 1.27. The molecule has 0 aliphatic carbocycles. The van der Waals surface area contributed by atoms with E-state index in [0.717, 1.165) is 0 Å². The largest absolute Gasteiger partial charge is 0.541 e. The van der Waals surface area contributed by atoms with Crippen molar-refractivity contribution < 1.29 is 40.0 Å². The van der Waals surface area contributed by atoms with Crippen LogP contribution in [0.3, 0.4) is 0 Å². The van der Waals surface area contributed by atoms with Crippen LogP contribution in [0.4, 0.5) is 30.7 Å². The smallest absolute Gasteiger partial charge is 0.454 e. The molecule has 0 aliphatic rings. The van der Waals surface area contributed by atoms with Crippen molar-refractivity contribution >= 4 is 14.1 Å². The third-order valence-corrected chi connectivity index (χ3v) is 4.62. The van der Waals surface area contributed by atoms with Gasteiger partial charge in [-0.3, -0.25) is 4.79 Å². The second-order valence-electron chi connectivity index (χ2n) is 5.05. The van der Waals surface area contributed by atoms with Crippen LogP contribution in [0.15, 0.2) is 11.8 Å². The lowest BCUT2D eigenvalue weighted by atomic mass is 10.3. The normalized spacial score (nSPS) is 15.8. The quantitative estimate of drug-likeness (QED) is 0.307. The SMILES string of the molecule is CC(F)CC[Si](C)(C)OC(=CC(=O)C(F)(F)F)C(F)(F)F. The number of hydrogen-bond donors (Lipinski definition) is 0. The van der Waals surface area contributed by atoms with E-state index in [1.807, 2.05) is 0 Å². The average molecular weight is 340 g/mol. The molecule has 1 unspecified atom stereocenters. The molecule has 0 aliphatic heterocycles. The Morgan fingerprint density at radius 2 is 1.62 bits per heavy atom. The maximum atomic E-state index is 12.7. The summed E-state index contributed by atoms with van der Waals surface area (Å²) in [4.78, 5) is 10.6. The molecule has 0 saturated heterocycles. The molecule has 0 N–H and O–H groups in total. The number of carbonyl (C=O) groups excluding carboxylic acids is 1. The van der Waals surface area contributed by atoms with Gasteiger partial charge in [0, 0.05) is 6.08 Å². The van der Waals surface area contributed by atoms with Crippen molar-refractivity contribution in [2.24, 2.45) is 0 Å². The molecule has 0 saturated carbocycles. The van der Waals surface area contributed by atoms with E-state index < -0.39 is 44.5 Å². The van der Waals surface area contributed by atoms with Crippen molar-refractivity contribution in [2.45, 2.75) is 51.0 Å². The summed E-state index contributed by atoms with van der Waals surface area (Å²) >= 11 is 0. The van der Waals surface area contributed by atoms with Gasteiger partial charge in [0.25, 0.3) is 5.78 Å². The van der Waals surface area contributed by atoms with Crippen LogP contribution in [0.1, 0.15) is 13.3 Å². The van der Waals surface area contributed by atoms with Gasteiger partial charge >= 0.3 is 12.4 Å². The molecule has 0 aromatic rings. The molecule has 0 aromatic carbocycles. The Balaban J connectivity index is 5.21. The average Bonchev–Trinajstić information content (AvgIpc) is 2.22. The van der Waals surface area contributed by atoms with Gasteiger partial charge in [-0.2, -0.15) is 26.3 Å². The van der Waals surface area contributed by atoms with Crippen molar-refractivity contribution in [1.82, 2.24) is 0 Å². The van der Waals surface area contributed by atoms with Gasteiger partial charge < -0.3 is 4.43 Å². The third-order valence-electron chi connectivity index (χ3n) is 2.35. The molecule has 0 radical (unpaired) electrons. The number of halogens is 7. The molecule has 0 rings (SSSR count). The van der Waals surface area contributed by atoms with Crippen LogP contribution in [0.5, 0.6) is 0 Å². The van der Waals surface area contributed by atoms with Crippen LogP contribution >= 0.6 is 0 Å². The minimum absolute atomic E-state index is 0.0295. The van der Waals surface area contributed by atoms with E-state index in [9.17, 15) is 35.5 Å². The highest BCUT2D eigenvalue weighted by molar-refractivity contribution is 6.71. The summed E-state index contributed by atoms with van der Waals surface area (Å²) in [5.74, 6) is -4.65. The molecule has 0 spiro atoms. The molecule has 0 heterocycles. The van der Waals surface area contributed by atoms with Crippen molar-refractivity contribution in [3.63, 3.8) is 0 Å². The first kappa shape index (κ1) is 19.9. The first-order valence-corrected chi connectivity index (χ1v) is 9.00. The highest BCUT2D eigenvalue weighted by Gasteiger charge is 2.44. The second-order valence-corrected chi connectivity index (χ2v) is 9.27. The number of carbonyl (C=O) groups is 1. The summed E-state index contributed by atoms with van der Waals surface area (Å²) in [5, 5.41) is 0. The Morgan fingerprint density at radius 1 is 1.14 bits per heavy atom. The lowest BCUT2D eigenvalue weighted by Gasteiger charge is -2.27. The highest BCUT2D eigenvalue weighted by atomic mass is 28.4. The van der Waals surface area contributed by atoms with E-state index in [0.29, 0.717) is 0 Å². The Kier molecular flexibility index (Phi) is 6.45. The summed E-state index contributed by atoms with van der Waals surface area (Å²) in [6.07, 6.45) is -12.6. The minimum atomic E-state index is -5.42. The highest BCUT2D eigenvalue weighted by Crippen LogP contribution is 2.32. The van der Waals surface area contributed by atoms with Crippen LogP contribution in [0.2, 0.25) is 19.1 Å². The summed E-state index contributed by atoms with van der Waals surface area (Å²) in [5.41, 5.74) is 0. The van der Waals surface area contributed by atoms with E-state index in [-0.39, 0.29) is 12.5 Å². The van der Waals surface area contributed by atoms with Gasteiger partial charge in [0.1, 0.15) is 0 Å². The van der Waals surface area contributed by atoms with E-state index in [2.05, 4.69) is 4.43 Å². The van der Waals surface area contributed by atoms with Gasteiger partial charge in [-0.25, -0.2) is 4.39 Å². The Morgan fingerprint density at radius 3 is 1.95 bits per heavy atom. The molecule has 124 valence electrons. The molecule has 1 atom stereocenters. The molecule has 0 fully saturated rings. The summed E-state index contributed by atoms with van der Waals surface area (Å²) < 4.78 is 91.3. The van der Waals surface area contributed by atoms with E-state index in [1.54, 1.807) is 0 Å². The van der Waals surface area contributed by atoms with Gasteiger partial charge in [-0.15, -0.1) is 0 Å². The van der Waals surface area contributed by atoms with Crippen molar-refractivity contribution in [2.75, 3.05) is 0 Å². The minimum Gasteiger partial charge on any atom is -0.541 e. The van der Waals surface area contributed by atoms with Gasteiger partial charge in [-0.05, 0) is 32.5 Å². The molecule has 0 bridgehead atoms. The lowest BCUT2D eigenvalue weighted by molar-refractivity contribution is -0.166. The Hall–Kier alpha value is -1.06. The van der Waals surface area contributed by atoms with E-state index >= 15 is 0 Å². The number of ketones is 1. The van der Waals surface area contributed by atoms with Gasteiger partial charge in [0.15, 0.2) is 5.76 Å². The number of rotatable bonds is 6. The maximum Gasteiger partial charge on any atom is 0.454 e.